The van der Waals surface area contributed by atoms with Crippen molar-refractivity contribution < 1.29 is 19.6 Å². The van der Waals surface area contributed by atoms with E-state index in [4.69, 9.17) is 0 Å². The van der Waals surface area contributed by atoms with Gasteiger partial charge in [-0.15, -0.1) is 0 Å². The first-order valence-corrected chi connectivity index (χ1v) is 8.77. The van der Waals surface area contributed by atoms with E-state index in [1.54, 1.807) is 6.20 Å². The Morgan fingerprint density at radius 2 is 1.93 bits per heavy atom. The third-order valence-electron chi connectivity index (χ3n) is 4.05. The Labute approximate surface area is 161 Å². The number of imidazole rings is 1. The molecule has 1 unspecified atom stereocenters. The maximum absolute atomic E-state index is 12.8. The number of aromatic nitrogens is 2. The van der Waals surface area contributed by atoms with Crippen LogP contribution in [0, 0.1) is 16.0 Å². The lowest BCUT2D eigenvalue weighted by atomic mass is 10.0. The zero-order valence-electron chi connectivity index (χ0n) is 15.6. The monoisotopic (exact) mass is 389 g/mol. The number of rotatable bonds is 10. The zero-order chi connectivity index (χ0) is 20.7. The van der Waals surface area contributed by atoms with Gasteiger partial charge in [0, 0.05) is 36.1 Å². The average Bonchev–Trinajstić information content (AvgIpc) is 3.13. The third-order valence-corrected chi connectivity index (χ3v) is 4.05. The molecule has 2 rings (SSSR count). The molecular formula is C18H23N5O5. The van der Waals surface area contributed by atoms with Crippen LogP contribution in [0.5, 0.6) is 0 Å². The van der Waals surface area contributed by atoms with E-state index < -0.39 is 28.9 Å². The Bertz CT molecular complexity index is 804. The Kier molecular flexibility index (Phi) is 7.21. The van der Waals surface area contributed by atoms with Crippen molar-refractivity contribution in [2.45, 2.75) is 38.8 Å². The van der Waals surface area contributed by atoms with Crippen molar-refractivity contribution in [2.75, 3.05) is 5.32 Å². The number of carbonyl (C=O) groups is 2. The highest BCUT2D eigenvalue weighted by atomic mass is 16.6. The van der Waals surface area contributed by atoms with Crippen molar-refractivity contribution >= 4 is 23.3 Å². The van der Waals surface area contributed by atoms with E-state index in [0.717, 1.165) is 0 Å². The van der Waals surface area contributed by atoms with E-state index in [1.807, 2.05) is 13.8 Å². The largest absolute Gasteiger partial charge is 0.480 e. The highest BCUT2D eigenvalue weighted by Crippen LogP contribution is 2.16. The van der Waals surface area contributed by atoms with Crippen molar-refractivity contribution in [1.82, 2.24) is 15.3 Å². The number of carboxylic acid groups (broad SMARTS) is 1. The van der Waals surface area contributed by atoms with Gasteiger partial charge in [-0.1, -0.05) is 13.8 Å². The SMILES string of the molecule is CC(C)CC(N[C@@H](Cc1cnc[nH]1)C(=O)Nc1ccc([N+](=O)[O-])cc1)C(=O)O. The number of anilines is 1. The second-order valence-electron chi connectivity index (χ2n) is 6.81. The predicted molar refractivity (Wildman–Crippen MR) is 102 cm³/mol. The van der Waals surface area contributed by atoms with E-state index in [9.17, 15) is 24.8 Å². The number of aromatic amines is 1. The lowest BCUT2D eigenvalue weighted by molar-refractivity contribution is -0.384. The molecule has 0 radical (unpaired) electrons. The summed E-state index contributed by atoms with van der Waals surface area (Å²) < 4.78 is 0. The molecule has 1 aromatic heterocycles. The van der Waals surface area contributed by atoms with Crippen LogP contribution in [-0.2, 0) is 16.0 Å². The van der Waals surface area contributed by atoms with Crippen molar-refractivity contribution in [3.05, 3.63) is 52.6 Å². The summed E-state index contributed by atoms with van der Waals surface area (Å²) in [4.78, 5) is 41.4. The highest BCUT2D eigenvalue weighted by molar-refractivity contribution is 5.95. The molecule has 0 aliphatic carbocycles. The normalized spacial score (nSPS) is 13.1. The molecule has 0 aliphatic heterocycles. The van der Waals surface area contributed by atoms with E-state index in [2.05, 4.69) is 20.6 Å². The van der Waals surface area contributed by atoms with Gasteiger partial charge in [0.15, 0.2) is 0 Å². The molecule has 2 atom stereocenters. The van der Waals surface area contributed by atoms with Gasteiger partial charge < -0.3 is 15.4 Å². The number of nitrogens with zero attached hydrogens (tertiary/aromatic N) is 2. The predicted octanol–water partition coefficient (Wildman–Crippen LogP) is 1.96. The van der Waals surface area contributed by atoms with Crippen LogP contribution in [0.4, 0.5) is 11.4 Å². The highest BCUT2D eigenvalue weighted by Gasteiger charge is 2.27. The van der Waals surface area contributed by atoms with Crippen LogP contribution in [0.1, 0.15) is 26.0 Å². The Balaban J connectivity index is 2.15. The van der Waals surface area contributed by atoms with Gasteiger partial charge in [0.05, 0.1) is 17.3 Å². The molecule has 0 bridgehead atoms. The van der Waals surface area contributed by atoms with Crippen molar-refractivity contribution in [3.8, 4) is 0 Å². The van der Waals surface area contributed by atoms with Crippen LogP contribution >= 0.6 is 0 Å². The van der Waals surface area contributed by atoms with Crippen LogP contribution in [0.2, 0.25) is 0 Å². The minimum Gasteiger partial charge on any atom is -0.480 e. The van der Waals surface area contributed by atoms with Crippen molar-refractivity contribution in [3.63, 3.8) is 0 Å². The number of hydrogen-bond donors (Lipinski definition) is 4. The molecule has 4 N–H and O–H groups in total. The van der Waals surface area contributed by atoms with E-state index >= 15 is 0 Å². The lowest BCUT2D eigenvalue weighted by Gasteiger charge is -2.23. The van der Waals surface area contributed by atoms with E-state index in [0.29, 0.717) is 17.8 Å². The first-order valence-electron chi connectivity index (χ1n) is 8.77. The maximum Gasteiger partial charge on any atom is 0.320 e. The van der Waals surface area contributed by atoms with Crippen LogP contribution < -0.4 is 10.6 Å². The van der Waals surface area contributed by atoms with Crippen molar-refractivity contribution in [2.24, 2.45) is 5.92 Å². The quantitative estimate of drug-likeness (QED) is 0.358. The molecule has 0 spiro atoms. The number of nitro groups is 1. The minimum atomic E-state index is -1.04. The lowest BCUT2D eigenvalue weighted by Crippen LogP contribution is -2.50. The van der Waals surface area contributed by atoms with E-state index in [1.165, 1.54) is 30.6 Å². The summed E-state index contributed by atoms with van der Waals surface area (Å²) in [6, 6.07) is 3.68. The molecule has 10 heteroatoms. The first-order chi connectivity index (χ1) is 13.3. The number of carboxylic acids is 1. The van der Waals surface area contributed by atoms with Gasteiger partial charge in [-0.2, -0.15) is 0 Å². The van der Waals surface area contributed by atoms with Gasteiger partial charge in [0.25, 0.3) is 5.69 Å². The third kappa shape index (κ3) is 6.16. The number of amides is 1. The van der Waals surface area contributed by atoms with Gasteiger partial charge in [0.1, 0.15) is 6.04 Å². The fourth-order valence-corrected chi connectivity index (χ4v) is 2.69. The number of non-ortho nitro benzene ring substituents is 1. The summed E-state index contributed by atoms with van der Waals surface area (Å²) in [6.07, 6.45) is 3.61. The average molecular weight is 389 g/mol. The van der Waals surface area contributed by atoms with Gasteiger partial charge in [-0.05, 0) is 24.5 Å². The molecule has 0 aliphatic rings. The molecule has 10 nitrogen and oxygen atoms in total. The molecule has 2 aromatic rings. The molecule has 0 saturated carbocycles. The number of H-pyrrole nitrogens is 1. The van der Waals surface area contributed by atoms with Crippen LogP contribution in [0.15, 0.2) is 36.8 Å². The topological polar surface area (TPSA) is 150 Å². The standard InChI is InChI=1S/C18H23N5O5/c1-11(2)7-16(18(25)26)22-15(8-13-9-19-10-20-13)17(24)21-12-3-5-14(6-4-12)23(27)28/h3-6,9-11,15-16,22H,7-8H2,1-2H3,(H,19,20)(H,21,24)(H,25,26)/t15-,16?/m0/s1. The Morgan fingerprint density at radius 1 is 1.25 bits per heavy atom. The van der Waals surface area contributed by atoms with Crippen LogP contribution in [0.25, 0.3) is 0 Å². The van der Waals surface area contributed by atoms with Crippen LogP contribution in [0.3, 0.4) is 0 Å². The number of nitrogens with one attached hydrogen (secondary N) is 3. The molecule has 0 fully saturated rings. The summed E-state index contributed by atoms with van der Waals surface area (Å²) >= 11 is 0. The van der Waals surface area contributed by atoms with Crippen molar-refractivity contribution in [1.29, 1.82) is 0 Å². The molecule has 1 heterocycles. The van der Waals surface area contributed by atoms with Gasteiger partial charge in [-0.3, -0.25) is 25.0 Å². The molecular weight excluding hydrogens is 366 g/mol. The summed E-state index contributed by atoms with van der Waals surface area (Å²) in [5, 5.41) is 25.8. The molecule has 28 heavy (non-hydrogen) atoms. The fraction of sp³-hybridized carbons (Fsp3) is 0.389. The second kappa shape index (κ2) is 9.60. The minimum absolute atomic E-state index is 0.0898. The Morgan fingerprint density at radius 3 is 2.43 bits per heavy atom. The summed E-state index contributed by atoms with van der Waals surface area (Å²) in [6.45, 7) is 3.80. The van der Waals surface area contributed by atoms with Crippen LogP contribution in [-0.4, -0.2) is 44.0 Å². The second-order valence-corrected chi connectivity index (χ2v) is 6.81. The first kappa shape index (κ1) is 21.0. The molecule has 0 saturated heterocycles. The number of aliphatic carboxylic acids is 1. The summed E-state index contributed by atoms with van der Waals surface area (Å²) in [5.74, 6) is -1.36. The van der Waals surface area contributed by atoms with Gasteiger partial charge >= 0.3 is 5.97 Å². The number of nitro benzene ring substituents is 1. The maximum atomic E-state index is 12.8. The summed E-state index contributed by atoms with van der Waals surface area (Å²) in [7, 11) is 0. The fourth-order valence-electron chi connectivity index (χ4n) is 2.69. The smallest absolute Gasteiger partial charge is 0.320 e. The Hall–Kier alpha value is -3.27. The zero-order valence-corrected chi connectivity index (χ0v) is 15.6. The molecule has 150 valence electrons. The molecule has 1 aromatic carbocycles. The van der Waals surface area contributed by atoms with Gasteiger partial charge in [0.2, 0.25) is 5.91 Å². The van der Waals surface area contributed by atoms with E-state index in [-0.39, 0.29) is 18.0 Å². The number of hydrogen-bond acceptors (Lipinski definition) is 6. The number of carbonyl (C=O) groups excluding carboxylic acids is 1. The van der Waals surface area contributed by atoms with Gasteiger partial charge in [-0.25, -0.2) is 4.98 Å². The summed E-state index contributed by atoms with van der Waals surface area (Å²) in [5.41, 5.74) is 0.959. The molecule has 1 amide bonds. The number of benzene rings is 1.